The van der Waals surface area contributed by atoms with Crippen LogP contribution in [0.3, 0.4) is 0 Å². The number of rotatable bonds is 4. The Balaban J connectivity index is 1.87. The van der Waals surface area contributed by atoms with Crippen molar-refractivity contribution in [2.24, 2.45) is 0 Å². The Labute approximate surface area is 108 Å². The van der Waals surface area contributed by atoms with Gasteiger partial charge in [0.2, 0.25) is 5.91 Å². The van der Waals surface area contributed by atoms with Gasteiger partial charge in [-0.3, -0.25) is 4.79 Å². The molecule has 0 spiro atoms. The second kappa shape index (κ2) is 5.44. The molecule has 96 valence electrons. The molecule has 0 aromatic carbocycles. The lowest BCUT2D eigenvalue weighted by Crippen LogP contribution is -2.41. The lowest BCUT2D eigenvalue weighted by atomic mass is 10.0. The molecule has 17 heavy (non-hydrogen) atoms. The van der Waals surface area contributed by atoms with Crippen LogP contribution in [0.1, 0.15) is 32.6 Å². The Morgan fingerprint density at radius 2 is 2.06 bits per heavy atom. The van der Waals surface area contributed by atoms with E-state index in [2.05, 4.69) is 16.9 Å². The summed E-state index contributed by atoms with van der Waals surface area (Å²) in [6.45, 7) is 4.52. The number of hydrogen-bond donors (Lipinski definition) is 2. The fraction of sp³-hybridized carbons (Fsp3) is 0.769. The second-order valence-electron chi connectivity index (χ2n) is 5.11. The van der Waals surface area contributed by atoms with Crippen molar-refractivity contribution in [3.05, 3.63) is 11.1 Å². The lowest BCUT2D eigenvalue weighted by molar-refractivity contribution is -0.117. The van der Waals surface area contributed by atoms with E-state index >= 15 is 0 Å². The van der Waals surface area contributed by atoms with Crippen LogP contribution >= 0.6 is 11.8 Å². The summed E-state index contributed by atoms with van der Waals surface area (Å²) < 4.78 is 0.304. The van der Waals surface area contributed by atoms with E-state index in [9.17, 15) is 4.79 Å². The van der Waals surface area contributed by atoms with Crippen molar-refractivity contribution in [1.82, 2.24) is 10.6 Å². The van der Waals surface area contributed by atoms with Crippen molar-refractivity contribution in [1.29, 1.82) is 0 Å². The van der Waals surface area contributed by atoms with Crippen LogP contribution in [0.25, 0.3) is 0 Å². The highest BCUT2D eigenvalue weighted by atomic mass is 32.2. The smallest absolute Gasteiger partial charge is 0.247 e. The highest BCUT2D eigenvalue weighted by molar-refractivity contribution is 8.00. The molecule has 1 heterocycles. The van der Waals surface area contributed by atoms with Crippen molar-refractivity contribution in [2.45, 2.75) is 37.4 Å². The number of amides is 1. The van der Waals surface area contributed by atoms with Gasteiger partial charge in [-0.2, -0.15) is 11.8 Å². The molecule has 2 fully saturated rings. The molecule has 0 radical (unpaired) electrons. The van der Waals surface area contributed by atoms with Gasteiger partial charge in [0.1, 0.15) is 0 Å². The van der Waals surface area contributed by atoms with E-state index < -0.39 is 0 Å². The van der Waals surface area contributed by atoms with Crippen LogP contribution in [0, 0.1) is 0 Å². The number of carbonyl (C=O) groups is 1. The maximum absolute atomic E-state index is 12.0. The van der Waals surface area contributed by atoms with E-state index in [1.165, 1.54) is 31.3 Å². The van der Waals surface area contributed by atoms with Gasteiger partial charge in [0.25, 0.3) is 0 Å². The summed E-state index contributed by atoms with van der Waals surface area (Å²) in [5, 5.41) is 6.29. The molecule has 1 saturated carbocycles. The number of thioether (sulfide) groups is 1. The molecule has 0 aromatic rings. The number of hydrogen-bond acceptors (Lipinski definition) is 3. The van der Waals surface area contributed by atoms with Gasteiger partial charge in [-0.25, -0.2) is 0 Å². The van der Waals surface area contributed by atoms with Crippen molar-refractivity contribution in [3.8, 4) is 0 Å². The molecule has 1 saturated heterocycles. The minimum Gasteiger partial charge on any atom is -0.351 e. The zero-order chi connectivity index (χ0) is 12.3. The Morgan fingerprint density at radius 1 is 1.41 bits per heavy atom. The first-order chi connectivity index (χ1) is 8.17. The van der Waals surface area contributed by atoms with Crippen molar-refractivity contribution < 1.29 is 4.79 Å². The minimum absolute atomic E-state index is 0.127. The summed E-state index contributed by atoms with van der Waals surface area (Å²) in [5.41, 5.74) is 2.17. The Morgan fingerprint density at radius 3 is 2.53 bits per heavy atom. The van der Waals surface area contributed by atoms with Crippen LogP contribution in [0.5, 0.6) is 0 Å². The van der Waals surface area contributed by atoms with Gasteiger partial charge in [-0.05, 0) is 31.6 Å². The van der Waals surface area contributed by atoms with Crippen molar-refractivity contribution >= 4 is 17.7 Å². The first-order valence-electron chi connectivity index (χ1n) is 6.39. The fourth-order valence-corrected chi connectivity index (χ4v) is 3.44. The Hall–Kier alpha value is -0.480. The monoisotopic (exact) mass is 254 g/mol. The SMILES string of the molecule is CSC1(CNC(=O)C(C)=C2CNC2)CCCC1. The summed E-state index contributed by atoms with van der Waals surface area (Å²) in [7, 11) is 0. The van der Waals surface area contributed by atoms with E-state index in [1.54, 1.807) is 0 Å². The van der Waals surface area contributed by atoms with Crippen molar-refractivity contribution in [3.63, 3.8) is 0 Å². The van der Waals surface area contributed by atoms with Crippen LogP contribution < -0.4 is 10.6 Å². The normalized spacial score (nSPS) is 22.1. The molecule has 2 N–H and O–H groups in total. The molecule has 1 aliphatic heterocycles. The van der Waals surface area contributed by atoms with Crippen LogP contribution in [0.15, 0.2) is 11.1 Å². The summed E-state index contributed by atoms with van der Waals surface area (Å²) >= 11 is 1.92. The molecule has 0 aromatic heterocycles. The highest BCUT2D eigenvalue weighted by Crippen LogP contribution is 2.39. The third kappa shape index (κ3) is 2.86. The van der Waals surface area contributed by atoms with Crippen LogP contribution in [0.2, 0.25) is 0 Å². The predicted octanol–water partition coefficient (Wildman–Crippen LogP) is 1.70. The van der Waals surface area contributed by atoms with Gasteiger partial charge in [-0.1, -0.05) is 12.8 Å². The highest BCUT2D eigenvalue weighted by Gasteiger charge is 2.33. The molecule has 0 unspecified atom stereocenters. The van der Waals surface area contributed by atoms with Crippen LogP contribution in [-0.2, 0) is 4.79 Å². The summed E-state index contributed by atoms with van der Waals surface area (Å²) in [6, 6.07) is 0. The third-order valence-electron chi connectivity index (χ3n) is 4.07. The van der Waals surface area contributed by atoms with Gasteiger partial charge in [0, 0.05) is 30.0 Å². The molecular formula is C13H22N2OS. The molecule has 1 amide bonds. The van der Waals surface area contributed by atoms with Gasteiger partial charge < -0.3 is 10.6 Å². The second-order valence-corrected chi connectivity index (χ2v) is 6.38. The molecule has 2 aliphatic rings. The topological polar surface area (TPSA) is 41.1 Å². The summed E-state index contributed by atoms with van der Waals surface area (Å²) in [6.07, 6.45) is 7.26. The summed E-state index contributed by atoms with van der Waals surface area (Å²) in [5.74, 6) is 0.127. The first-order valence-corrected chi connectivity index (χ1v) is 7.62. The molecule has 2 rings (SSSR count). The van der Waals surface area contributed by atoms with E-state index in [0.717, 1.165) is 25.2 Å². The lowest BCUT2D eigenvalue weighted by Gasteiger charge is -2.28. The van der Waals surface area contributed by atoms with E-state index in [-0.39, 0.29) is 5.91 Å². The number of nitrogens with one attached hydrogen (secondary N) is 2. The average Bonchev–Trinajstić information content (AvgIpc) is 2.73. The minimum atomic E-state index is 0.127. The van der Waals surface area contributed by atoms with Gasteiger partial charge in [-0.15, -0.1) is 0 Å². The van der Waals surface area contributed by atoms with E-state index in [0.29, 0.717) is 4.75 Å². The predicted molar refractivity (Wildman–Crippen MR) is 73.3 cm³/mol. The Bertz CT molecular complexity index is 326. The number of carbonyl (C=O) groups excluding carboxylic acids is 1. The first kappa shape index (κ1) is 13.0. The maximum atomic E-state index is 12.0. The maximum Gasteiger partial charge on any atom is 0.247 e. The molecule has 0 atom stereocenters. The van der Waals surface area contributed by atoms with Crippen LogP contribution in [-0.4, -0.2) is 36.5 Å². The van der Waals surface area contributed by atoms with Gasteiger partial charge in [0.15, 0.2) is 0 Å². The fourth-order valence-electron chi connectivity index (χ4n) is 2.52. The van der Waals surface area contributed by atoms with E-state index in [1.807, 2.05) is 18.7 Å². The molecule has 1 aliphatic carbocycles. The zero-order valence-electron chi connectivity index (χ0n) is 10.8. The van der Waals surface area contributed by atoms with E-state index in [4.69, 9.17) is 0 Å². The van der Waals surface area contributed by atoms with Crippen molar-refractivity contribution in [2.75, 3.05) is 25.9 Å². The summed E-state index contributed by atoms with van der Waals surface area (Å²) in [4.78, 5) is 12.0. The Kier molecular flexibility index (Phi) is 4.15. The molecule has 4 heteroatoms. The molecule has 0 bridgehead atoms. The average molecular weight is 254 g/mol. The molecular weight excluding hydrogens is 232 g/mol. The van der Waals surface area contributed by atoms with Gasteiger partial charge >= 0.3 is 0 Å². The standard InChI is InChI=1S/C13H22N2OS/c1-10(11-7-14-8-11)12(16)15-9-13(17-2)5-3-4-6-13/h14H,3-9H2,1-2H3,(H,15,16). The van der Waals surface area contributed by atoms with Gasteiger partial charge in [0.05, 0.1) is 0 Å². The zero-order valence-corrected chi connectivity index (χ0v) is 11.6. The largest absolute Gasteiger partial charge is 0.351 e. The third-order valence-corrected chi connectivity index (χ3v) is 5.49. The quantitative estimate of drug-likeness (QED) is 0.750. The van der Waals surface area contributed by atoms with Crippen LogP contribution in [0.4, 0.5) is 0 Å². The molecule has 3 nitrogen and oxygen atoms in total.